The quantitative estimate of drug-likeness (QED) is 0.900. The predicted octanol–water partition coefficient (Wildman–Crippen LogP) is 2.10. The molecule has 1 heterocycles. The number of carboxylic acids is 1. The summed E-state index contributed by atoms with van der Waals surface area (Å²) in [5, 5.41) is 12.9. The van der Waals surface area contributed by atoms with Gasteiger partial charge in [0.2, 0.25) is 0 Å². The van der Waals surface area contributed by atoms with E-state index in [-0.39, 0.29) is 5.69 Å². The van der Waals surface area contributed by atoms with Crippen molar-refractivity contribution in [3.8, 4) is 17.0 Å². The van der Waals surface area contributed by atoms with Crippen LogP contribution in [0.25, 0.3) is 11.3 Å². The van der Waals surface area contributed by atoms with E-state index in [4.69, 9.17) is 9.84 Å². The van der Waals surface area contributed by atoms with E-state index in [1.165, 1.54) is 0 Å². The minimum absolute atomic E-state index is 0.0426. The number of benzene rings is 1. The molecule has 0 unspecified atom stereocenters. The van der Waals surface area contributed by atoms with Crippen LogP contribution in [0, 0.1) is 6.92 Å². The summed E-state index contributed by atoms with van der Waals surface area (Å²) in [5.41, 5.74) is 2.71. The van der Waals surface area contributed by atoms with E-state index in [2.05, 4.69) is 5.10 Å². The van der Waals surface area contributed by atoms with Crippen LogP contribution >= 0.6 is 0 Å². The number of aromatic carboxylic acids is 1. The van der Waals surface area contributed by atoms with E-state index in [1.807, 2.05) is 25.1 Å². The van der Waals surface area contributed by atoms with E-state index in [0.717, 1.165) is 22.6 Å². The Balaban J connectivity index is 2.48. The average molecular weight is 246 g/mol. The summed E-state index contributed by atoms with van der Waals surface area (Å²) >= 11 is 0. The van der Waals surface area contributed by atoms with Crippen LogP contribution in [-0.4, -0.2) is 28.0 Å². The smallest absolute Gasteiger partial charge is 0.356 e. The Bertz CT molecular complexity index is 602. The van der Waals surface area contributed by atoms with Crippen molar-refractivity contribution in [2.75, 3.05) is 7.11 Å². The van der Waals surface area contributed by atoms with Crippen LogP contribution in [0.3, 0.4) is 0 Å². The van der Waals surface area contributed by atoms with Gasteiger partial charge >= 0.3 is 5.97 Å². The molecule has 1 aromatic carbocycles. The number of ether oxygens (including phenoxy) is 1. The average Bonchev–Trinajstić information content (AvgIpc) is 2.71. The topological polar surface area (TPSA) is 64.3 Å². The van der Waals surface area contributed by atoms with Gasteiger partial charge in [-0.1, -0.05) is 0 Å². The van der Waals surface area contributed by atoms with E-state index in [1.54, 1.807) is 24.9 Å². The van der Waals surface area contributed by atoms with Crippen molar-refractivity contribution < 1.29 is 14.6 Å². The Kier molecular flexibility index (Phi) is 3.06. The standard InChI is InChI=1S/C13H14N2O3/c1-8-6-9(4-5-12(8)18-3)11-7-10(13(16)17)14-15(11)2/h4-7H,1-3H3,(H,16,17). The molecule has 5 nitrogen and oxygen atoms in total. The largest absolute Gasteiger partial charge is 0.496 e. The minimum atomic E-state index is -1.03. The number of hydrogen-bond donors (Lipinski definition) is 1. The van der Waals surface area contributed by atoms with E-state index in [0.29, 0.717) is 0 Å². The predicted molar refractivity (Wildman–Crippen MR) is 66.9 cm³/mol. The van der Waals surface area contributed by atoms with Gasteiger partial charge in [0.25, 0.3) is 0 Å². The Morgan fingerprint density at radius 2 is 2.11 bits per heavy atom. The zero-order valence-corrected chi connectivity index (χ0v) is 10.5. The normalized spacial score (nSPS) is 10.4. The third kappa shape index (κ3) is 2.07. The van der Waals surface area contributed by atoms with Crippen LogP contribution in [0.1, 0.15) is 16.1 Å². The lowest BCUT2D eigenvalue weighted by atomic mass is 10.1. The minimum Gasteiger partial charge on any atom is -0.496 e. The molecule has 0 aliphatic carbocycles. The summed E-state index contributed by atoms with van der Waals surface area (Å²) in [6.45, 7) is 1.94. The molecule has 0 atom stereocenters. The van der Waals surface area contributed by atoms with Gasteiger partial charge < -0.3 is 9.84 Å². The summed E-state index contributed by atoms with van der Waals surface area (Å²) in [6, 6.07) is 7.25. The Labute approximate surface area is 105 Å². The maximum absolute atomic E-state index is 10.9. The van der Waals surface area contributed by atoms with Crippen molar-refractivity contribution in [2.45, 2.75) is 6.92 Å². The molecule has 2 rings (SSSR count). The molecular formula is C13H14N2O3. The summed E-state index contributed by atoms with van der Waals surface area (Å²) in [7, 11) is 3.34. The molecule has 0 saturated carbocycles. The van der Waals surface area contributed by atoms with Gasteiger partial charge in [0, 0.05) is 12.6 Å². The molecule has 0 aliphatic heterocycles. The van der Waals surface area contributed by atoms with Gasteiger partial charge in [0.05, 0.1) is 12.8 Å². The second kappa shape index (κ2) is 4.52. The van der Waals surface area contributed by atoms with Gasteiger partial charge in [-0.15, -0.1) is 0 Å². The SMILES string of the molecule is COc1ccc(-c2cc(C(=O)O)nn2C)cc1C. The number of rotatable bonds is 3. The highest BCUT2D eigenvalue weighted by atomic mass is 16.5. The lowest BCUT2D eigenvalue weighted by Gasteiger charge is -2.07. The maximum atomic E-state index is 10.9. The molecule has 1 N–H and O–H groups in total. The number of carboxylic acid groups (broad SMARTS) is 1. The summed E-state index contributed by atoms with van der Waals surface area (Å²) in [4.78, 5) is 10.9. The number of aryl methyl sites for hydroxylation is 2. The molecule has 0 spiro atoms. The zero-order valence-electron chi connectivity index (χ0n) is 10.5. The van der Waals surface area contributed by atoms with E-state index < -0.39 is 5.97 Å². The van der Waals surface area contributed by atoms with Crippen LogP contribution < -0.4 is 4.74 Å². The van der Waals surface area contributed by atoms with E-state index >= 15 is 0 Å². The van der Waals surface area contributed by atoms with Crippen LogP contribution in [0.5, 0.6) is 5.75 Å². The zero-order chi connectivity index (χ0) is 13.3. The fraction of sp³-hybridized carbons (Fsp3) is 0.231. The summed E-state index contributed by atoms with van der Waals surface area (Å²) in [5.74, 6) is -0.221. The third-order valence-electron chi connectivity index (χ3n) is 2.79. The molecular weight excluding hydrogens is 232 g/mol. The fourth-order valence-electron chi connectivity index (χ4n) is 1.88. The Morgan fingerprint density at radius 1 is 1.39 bits per heavy atom. The first-order valence-electron chi connectivity index (χ1n) is 5.45. The highest BCUT2D eigenvalue weighted by Crippen LogP contribution is 2.26. The third-order valence-corrected chi connectivity index (χ3v) is 2.79. The second-order valence-electron chi connectivity index (χ2n) is 4.03. The first-order valence-corrected chi connectivity index (χ1v) is 5.45. The van der Waals surface area contributed by atoms with Crippen molar-refractivity contribution in [3.63, 3.8) is 0 Å². The first-order chi connectivity index (χ1) is 8.52. The second-order valence-corrected chi connectivity index (χ2v) is 4.03. The molecule has 0 radical (unpaired) electrons. The van der Waals surface area contributed by atoms with Crippen molar-refractivity contribution in [1.29, 1.82) is 0 Å². The number of aromatic nitrogens is 2. The molecule has 0 bridgehead atoms. The van der Waals surface area contributed by atoms with Crippen molar-refractivity contribution in [1.82, 2.24) is 9.78 Å². The summed E-state index contributed by atoms with van der Waals surface area (Å²) < 4.78 is 6.75. The Hall–Kier alpha value is -2.30. The molecule has 18 heavy (non-hydrogen) atoms. The van der Waals surface area contributed by atoms with Gasteiger partial charge in [0.15, 0.2) is 5.69 Å². The summed E-state index contributed by atoms with van der Waals surface area (Å²) in [6.07, 6.45) is 0. The van der Waals surface area contributed by atoms with Crippen LogP contribution in [0.4, 0.5) is 0 Å². The number of nitrogens with zero attached hydrogens (tertiary/aromatic N) is 2. The van der Waals surface area contributed by atoms with Crippen LogP contribution in [0.2, 0.25) is 0 Å². The first kappa shape index (κ1) is 12.2. The molecule has 0 saturated heterocycles. The fourth-order valence-corrected chi connectivity index (χ4v) is 1.88. The van der Waals surface area contributed by atoms with Crippen LogP contribution in [0.15, 0.2) is 24.3 Å². The van der Waals surface area contributed by atoms with Gasteiger partial charge in [0.1, 0.15) is 5.75 Å². The van der Waals surface area contributed by atoms with Crippen molar-refractivity contribution in [2.24, 2.45) is 7.05 Å². The number of hydrogen-bond acceptors (Lipinski definition) is 3. The van der Waals surface area contributed by atoms with Gasteiger partial charge in [-0.05, 0) is 36.8 Å². The lowest BCUT2D eigenvalue weighted by molar-refractivity contribution is 0.0689. The molecule has 0 amide bonds. The van der Waals surface area contributed by atoms with Crippen molar-refractivity contribution >= 4 is 5.97 Å². The lowest BCUT2D eigenvalue weighted by Crippen LogP contribution is -1.99. The van der Waals surface area contributed by atoms with Crippen molar-refractivity contribution in [3.05, 3.63) is 35.5 Å². The molecule has 5 heteroatoms. The molecule has 0 fully saturated rings. The van der Waals surface area contributed by atoms with E-state index in [9.17, 15) is 4.79 Å². The molecule has 0 aliphatic rings. The molecule has 1 aromatic heterocycles. The highest BCUT2D eigenvalue weighted by Gasteiger charge is 2.13. The van der Waals surface area contributed by atoms with Gasteiger partial charge in [-0.25, -0.2) is 4.79 Å². The maximum Gasteiger partial charge on any atom is 0.356 e. The highest BCUT2D eigenvalue weighted by molar-refractivity contribution is 5.87. The van der Waals surface area contributed by atoms with Gasteiger partial charge in [-0.3, -0.25) is 4.68 Å². The van der Waals surface area contributed by atoms with Crippen LogP contribution in [-0.2, 0) is 7.05 Å². The monoisotopic (exact) mass is 246 g/mol. The number of methoxy groups -OCH3 is 1. The molecule has 2 aromatic rings. The Morgan fingerprint density at radius 3 is 2.61 bits per heavy atom. The van der Waals surface area contributed by atoms with Gasteiger partial charge in [-0.2, -0.15) is 5.10 Å². The number of carbonyl (C=O) groups is 1. The molecule has 94 valence electrons.